The lowest BCUT2D eigenvalue weighted by Gasteiger charge is -2.14. The molecule has 96 valence electrons. The molecule has 4 nitrogen and oxygen atoms in total. The van der Waals surface area contributed by atoms with E-state index < -0.39 is 0 Å². The van der Waals surface area contributed by atoms with E-state index in [4.69, 9.17) is 16.7 Å². The molecule has 0 bridgehead atoms. The zero-order chi connectivity index (χ0) is 12.8. The summed E-state index contributed by atoms with van der Waals surface area (Å²) in [5.74, 6) is 1.31. The second-order valence-corrected chi connectivity index (χ2v) is 5.80. The lowest BCUT2D eigenvalue weighted by atomic mass is 10.2. The molecular weight excluding hydrogens is 373 g/mol. The van der Waals surface area contributed by atoms with E-state index in [9.17, 15) is 0 Å². The summed E-state index contributed by atoms with van der Waals surface area (Å²) in [5, 5.41) is 13.2. The van der Waals surface area contributed by atoms with Gasteiger partial charge in [-0.1, -0.05) is 43.5 Å². The molecule has 0 amide bonds. The van der Waals surface area contributed by atoms with Crippen LogP contribution in [0.1, 0.15) is 11.4 Å². The van der Waals surface area contributed by atoms with Crippen LogP contribution < -0.4 is 5.32 Å². The molecule has 17 heavy (non-hydrogen) atoms. The number of aliphatic hydroxyl groups is 1. The fraction of sp³-hybridized carbons (Fsp3) is 0.600. The molecule has 0 fully saturated rings. The van der Waals surface area contributed by atoms with Gasteiger partial charge in [0, 0.05) is 22.3 Å². The van der Waals surface area contributed by atoms with Gasteiger partial charge in [-0.25, -0.2) is 9.97 Å². The number of aliphatic hydroxyl groups excluding tert-OH is 1. The van der Waals surface area contributed by atoms with Crippen LogP contribution in [0.25, 0.3) is 0 Å². The molecule has 0 unspecified atom stereocenters. The van der Waals surface area contributed by atoms with E-state index in [1.807, 2.05) is 0 Å². The maximum absolute atomic E-state index is 8.83. The third-order valence-electron chi connectivity index (χ3n) is 2.07. The van der Waals surface area contributed by atoms with Crippen LogP contribution in [0.3, 0.4) is 0 Å². The fourth-order valence-electron chi connectivity index (χ4n) is 1.34. The maximum atomic E-state index is 8.83. The Balaban J connectivity index is 2.97. The molecule has 7 heteroatoms. The van der Waals surface area contributed by atoms with Crippen molar-refractivity contribution in [1.82, 2.24) is 9.97 Å². The third kappa shape index (κ3) is 4.69. The van der Waals surface area contributed by atoms with Gasteiger partial charge in [0.05, 0.1) is 6.61 Å². The Kier molecular flexibility index (Phi) is 6.69. The first-order valence-corrected chi connectivity index (χ1v) is 7.57. The van der Waals surface area contributed by atoms with Gasteiger partial charge in [0.2, 0.25) is 0 Å². The number of alkyl halides is 2. The van der Waals surface area contributed by atoms with Gasteiger partial charge in [-0.2, -0.15) is 0 Å². The largest absolute Gasteiger partial charge is 0.395 e. The monoisotopic (exact) mass is 385 g/mol. The summed E-state index contributed by atoms with van der Waals surface area (Å²) in [7, 11) is 0. The molecule has 0 radical (unpaired) electrons. The van der Waals surface area contributed by atoms with Crippen molar-refractivity contribution in [1.29, 1.82) is 0 Å². The van der Waals surface area contributed by atoms with Crippen LogP contribution in [0, 0.1) is 6.92 Å². The number of nitrogens with zero attached hydrogens (tertiary/aromatic N) is 2. The first kappa shape index (κ1) is 15.1. The Hall–Kier alpha value is 0.0900. The van der Waals surface area contributed by atoms with E-state index >= 15 is 0 Å². The minimum Gasteiger partial charge on any atom is -0.395 e. The molecule has 0 aromatic carbocycles. The fourth-order valence-corrected chi connectivity index (χ4v) is 2.18. The molecular formula is C10H14Br2ClN3O. The Bertz CT molecular complexity index is 379. The molecule has 0 saturated carbocycles. The van der Waals surface area contributed by atoms with Crippen LogP contribution >= 0.6 is 43.5 Å². The van der Waals surface area contributed by atoms with Crippen molar-refractivity contribution in [3.63, 3.8) is 0 Å². The average molecular weight is 388 g/mol. The van der Waals surface area contributed by atoms with E-state index in [1.54, 1.807) is 6.92 Å². The quantitative estimate of drug-likeness (QED) is 0.582. The SMILES string of the molecule is Cc1nc(Cl)c(C[C@@H](Br)CBr)c(NCCO)n1. The van der Waals surface area contributed by atoms with Crippen LogP contribution in [0.5, 0.6) is 0 Å². The number of hydrogen-bond donors (Lipinski definition) is 2. The van der Waals surface area contributed by atoms with Gasteiger partial charge in [0.25, 0.3) is 0 Å². The van der Waals surface area contributed by atoms with Crippen molar-refractivity contribution in [2.45, 2.75) is 18.2 Å². The molecule has 1 heterocycles. The molecule has 0 aliphatic carbocycles. The van der Waals surface area contributed by atoms with E-state index in [0.29, 0.717) is 23.3 Å². The summed E-state index contributed by atoms with van der Waals surface area (Å²) in [5.41, 5.74) is 0.868. The molecule has 0 spiro atoms. The van der Waals surface area contributed by atoms with Gasteiger partial charge in [-0.15, -0.1) is 0 Å². The second-order valence-electron chi connectivity index (χ2n) is 3.49. The van der Waals surface area contributed by atoms with Crippen LogP contribution in [-0.2, 0) is 6.42 Å². The predicted octanol–water partition coefficient (Wildman–Crippen LogP) is 2.54. The number of anilines is 1. The van der Waals surface area contributed by atoms with E-state index in [0.717, 1.165) is 17.3 Å². The third-order valence-corrected chi connectivity index (χ3v) is 4.68. The van der Waals surface area contributed by atoms with E-state index in [2.05, 4.69) is 47.1 Å². The smallest absolute Gasteiger partial charge is 0.138 e. The standard InChI is InChI=1S/C10H14Br2ClN3O/c1-6-15-9(13)8(4-7(12)5-11)10(16-6)14-2-3-17/h7,17H,2-5H2,1H3,(H,14,15,16)/t7-/m1/s1. The van der Waals surface area contributed by atoms with E-state index in [1.165, 1.54) is 0 Å². The van der Waals surface area contributed by atoms with Crippen molar-refractivity contribution >= 4 is 49.3 Å². The van der Waals surface area contributed by atoms with Crippen LogP contribution in [-0.4, -0.2) is 38.4 Å². The van der Waals surface area contributed by atoms with Crippen molar-refractivity contribution in [2.75, 3.05) is 23.8 Å². The minimum absolute atomic E-state index is 0.0519. The highest BCUT2D eigenvalue weighted by Crippen LogP contribution is 2.25. The predicted molar refractivity (Wildman–Crippen MR) is 77.6 cm³/mol. The first-order chi connectivity index (χ1) is 8.08. The number of aromatic nitrogens is 2. The number of nitrogens with one attached hydrogen (secondary N) is 1. The van der Waals surface area contributed by atoms with Crippen molar-refractivity contribution in [3.05, 3.63) is 16.5 Å². The van der Waals surface area contributed by atoms with Gasteiger partial charge in [-0.3, -0.25) is 0 Å². The molecule has 1 aromatic heterocycles. The van der Waals surface area contributed by atoms with Crippen molar-refractivity contribution in [2.24, 2.45) is 0 Å². The molecule has 0 saturated heterocycles. The highest BCUT2D eigenvalue weighted by atomic mass is 79.9. The highest BCUT2D eigenvalue weighted by Gasteiger charge is 2.15. The number of hydrogen-bond acceptors (Lipinski definition) is 4. The average Bonchev–Trinajstić information content (AvgIpc) is 2.29. The van der Waals surface area contributed by atoms with Gasteiger partial charge >= 0.3 is 0 Å². The normalized spacial score (nSPS) is 12.5. The summed E-state index contributed by atoms with van der Waals surface area (Å²) in [6, 6.07) is 0. The second kappa shape index (κ2) is 7.51. The number of rotatable bonds is 6. The van der Waals surface area contributed by atoms with Gasteiger partial charge in [0.15, 0.2) is 0 Å². The van der Waals surface area contributed by atoms with Crippen LogP contribution in [0.2, 0.25) is 5.15 Å². The molecule has 1 atom stereocenters. The molecule has 1 aromatic rings. The molecule has 0 aliphatic rings. The van der Waals surface area contributed by atoms with Gasteiger partial charge in [-0.05, 0) is 13.3 Å². The van der Waals surface area contributed by atoms with E-state index in [-0.39, 0.29) is 11.4 Å². The topological polar surface area (TPSA) is 58.0 Å². The summed E-state index contributed by atoms with van der Waals surface area (Å²) < 4.78 is 0. The van der Waals surface area contributed by atoms with Gasteiger partial charge < -0.3 is 10.4 Å². The number of aryl methyl sites for hydroxylation is 1. The summed E-state index contributed by atoms with van der Waals surface area (Å²) in [6.45, 7) is 2.28. The minimum atomic E-state index is 0.0519. The zero-order valence-electron chi connectivity index (χ0n) is 9.38. The van der Waals surface area contributed by atoms with Crippen molar-refractivity contribution < 1.29 is 5.11 Å². The summed E-state index contributed by atoms with van der Waals surface area (Å²) in [4.78, 5) is 8.72. The summed E-state index contributed by atoms with van der Waals surface area (Å²) in [6.07, 6.45) is 0.720. The molecule has 1 rings (SSSR count). The Labute approximate surface area is 122 Å². The summed E-state index contributed by atoms with van der Waals surface area (Å²) >= 11 is 13.1. The van der Waals surface area contributed by atoms with Crippen LogP contribution in [0.4, 0.5) is 5.82 Å². The van der Waals surface area contributed by atoms with Crippen LogP contribution in [0.15, 0.2) is 0 Å². The molecule has 2 N–H and O–H groups in total. The number of halogens is 3. The lowest BCUT2D eigenvalue weighted by molar-refractivity contribution is 0.311. The Morgan fingerprint density at radius 1 is 1.47 bits per heavy atom. The molecule has 0 aliphatic heterocycles. The van der Waals surface area contributed by atoms with Crippen molar-refractivity contribution in [3.8, 4) is 0 Å². The maximum Gasteiger partial charge on any atom is 0.138 e. The highest BCUT2D eigenvalue weighted by molar-refractivity contribution is 9.12. The lowest BCUT2D eigenvalue weighted by Crippen LogP contribution is -2.14. The first-order valence-electron chi connectivity index (χ1n) is 5.16. The Morgan fingerprint density at radius 2 is 2.18 bits per heavy atom. The van der Waals surface area contributed by atoms with Gasteiger partial charge in [0.1, 0.15) is 16.8 Å². The Morgan fingerprint density at radius 3 is 2.76 bits per heavy atom. The zero-order valence-corrected chi connectivity index (χ0v) is 13.3.